The quantitative estimate of drug-likeness (QED) is 0.264. The van der Waals surface area contributed by atoms with Crippen molar-refractivity contribution in [2.24, 2.45) is 10.8 Å². The number of hydrogen-bond acceptors (Lipinski definition) is 0. The number of halogens is 26. The predicted molar refractivity (Wildman–Crippen MR) is 61.0 cm³/mol. The van der Waals surface area contributed by atoms with Crippen molar-refractivity contribution in [3.05, 3.63) is 0 Å². The van der Waals surface area contributed by atoms with Gasteiger partial charge in [-0.3, -0.25) is 0 Å². The summed E-state index contributed by atoms with van der Waals surface area (Å²) in [5.74, 6) is -39.9. The monoisotopic (exact) mass is 638 g/mol. The Morgan fingerprint density at radius 2 is 0.289 bits per heavy atom. The van der Waals surface area contributed by atoms with Crippen LogP contribution in [0.1, 0.15) is 0 Å². The molecular weight excluding hydrogens is 638 g/mol. The third kappa shape index (κ3) is 3.98. The molecule has 0 rings (SSSR count). The van der Waals surface area contributed by atoms with Crippen LogP contribution in [0, 0.1) is 10.8 Å². The molecule has 0 unspecified atom stereocenters. The van der Waals surface area contributed by atoms with E-state index in [0.717, 1.165) is 0 Å². The average Bonchev–Trinajstić information content (AvgIpc) is 2.51. The summed E-state index contributed by atoms with van der Waals surface area (Å²) in [4.78, 5) is 0. The molecule has 0 saturated heterocycles. The van der Waals surface area contributed by atoms with Crippen LogP contribution >= 0.6 is 0 Å². The molecular formula is C12F26. The Hall–Kier alpha value is -1.82. The predicted octanol–water partition coefficient (Wildman–Crippen LogP) is 8.87. The normalized spacial score (nSPS) is 17.2. The maximum atomic E-state index is 14.0. The van der Waals surface area contributed by atoms with Crippen molar-refractivity contribution in [1.82, 2.24) is 0 Å². The first-order chi connectivity index (χ1) is 15.8. The molecule has 26 heteroatoms. The Kier molecular flexibility index (Phi) is 7.95. The summed E-state index contributed by atoms with van der Waals surface area (Å²) in [6.07, 6.45) is -57.6. The zero-order chi connectivity index (χ0) is 32.0. The van der Waals surface area contributed by atoms with E-state index in [-0.39, 0.29) is 0 Å². The van der Waals surface area contributed by atoms with E-state index in [2.05, 4.69) is 0 Å². The van der Waals surface area contributed by atoms with Crippen LogP contribution in [0.15, 0.2) is 0 Å². The summed E-state index contributed by atoms with van der Waals surface area (Å²) in [6.45, 7) is 0. The highest BCUT2D eigenvalue weighted by atomic mass is 19.5. The summed E-state index contributed by atoms with van der Waals surface area (Å²) in [6, 6.07) is 0. The molecule has 0 spiro atoms. The fourth-order valence-electron chi connectivity index (χ4n) is 3.18. The Bertz CT molecular complexity index is 746. The van der Waals surface area contributed by atoms with Crippen LogP contribution < -0.4 is 0 Å². The Labute approximate surface area is 187 Å². The standard InChI is InChI=1S/C12F26/c13-3(14,5(17,18)11(33,34)35)1(7(21,22)23,8(24,25)26)2(9(27,28)29,10(30,31)32)4(15,16)6(19,20)12(36,37)38. The first-order valence-electron chi connectivity index (χ1n) is 7.66. The zero-order valence-electron chi connectivity index (χ0n) is 15.8. The van der Waals surface area contributed by atoms with Gasteiger partial charge in [0.1, 0.15) is 0 Å². The lowest BCUT2D eigenvalue weighted by molar-refractivity contribution is -0.574. The van der Waals surface area contributed by atoms with Crippen LogP contribution in [0.4, 0.5) is 114 Å². The van der Waals surface area contributed by atoms with Gasteiger partial charge in [0.2, 0.25) is 0 Å². The molecule has 0 nitrogen and oxygen atoms in total. The van der Waals surface area contributed by atoms with Crippen molar-refractivity contribution in [3.8, 4) is 0 Å². The summed E-state index contributed by atoms with van der Waals surface area (Å²) in [5, 5.41) is 0. The van der Waals surface area contributed by atoms with Crippen molar-refractivity contribution < 1.29 is 114 Å². The lowest BCUT2D eigenvalue weighted by atomic mass is 9.52. The van der Waals surface area contributed by atoms with Gasteiger partial charge in [0.25, 0.3) is 10.8 Å². The molecule has 38 heavy (non-hydrogen) atoms. The van der Waals surface area contributed by atoms with Gasteiger partial charge in [-0.1, -0.05) is 0 Å². The summed E-state index contributed by atoms with van der Waals surface area (Å²) in [7, 11) is 0. The first-order valence-corrected chi connectivity index (χ1v) is 7.66. The van der Waals surface area contributed by atoms with Crippen LogP contribution in [0.2, 0.25) is 0 Å². The van der Waals surface area contributed by atoms with E-state index in [1.807, 2.05) is 0 Å². The second-order valence-corrected chi connectivity index (χ2v) is 6.78. The largest absolute Gasteiger partial charge is 0.459 e. The SMILES string of the molecule is FC(F)(F)C(F)(F)C(F)(F)C(C(F)(F)F)(C(F)(F)F)C(C(F)(F)F)(C(F)(F)F)C(F)(F)C(F)(F)C(F)(F)F. The molecule has 0 fully saturated rings. The van der Waals surface area contributed by atoms with Gasteiger partial charge in [0, 0.05) is 0 Å². The lowest BCUT2D eigenvalue weighted by Crippen LogP contribution is -2.87. The van der Waals surface area contributed by atoms with E-state index >= 15 is 0 Å². The minimum absolute atomic E-state index is 8.84. The topological polar surface area (TPSA) is 0 Å². The molecule has 0 heterocycles. The highest BCUT2D eigenvalue weighted by molar-refractivity contribution is 5.28. The highest BCUT2D eigenvalue weighted by Gasteiger charge is 3.10. The summed E-state index contributed by atoms with van der Waals surface area (Å²) in [5.41, 5.74) is -21.8. The van der Waals surface area contributed by atoms with Crippen LogP contribution in [-0.4, -0.2) is 60.7 Å². The Balaban J connectivity index is 9.41. The molecule has 0 N–H and O–H groups in total. The molecule has 0 saturated carbocycles. The lowest BCUT2D eigenvalue weighted by Gasteiger charge is -2.58. The third-order valence-corrected chi connectivity index (χ3v) is 4.71. The molecule has 0 aliphatic heterocycles. The van der Waals surface area contributed by atoms with Crippen LogP contribution in [0.25, 0.3) is 0 Å². The fraction of sp³-hybridized carbons (Fsp3) is 1.00. The first kappa shape index (κ1) is 36.2. The van der Waals surface area contributed by atoms with Gasteiger partial charge >= 0.3 is 60.7 Å². The number of alkyl halides is 26. The minimum atomic E-state index is -10.9. The average molecular weight is 638 g/mol. The maximum Gasteiger partial charge on any atom is 0.459 e. The summed E-state index contributed by atoms with van der Waals surface area (Å²) < 4.78 is 342. The molecule has 0 aliphatic carbocycles. The Morgan fingerprint density at radius 3 is 0.368 bits per heavy atom. The van der Waals surface area contributed by atoms with Crippen molar-refractivity contribution in [2.45, 2.75) is 60.7 Å². The third-order valence-electron chi connectivity index (χ3n) is 4.71. The van der Waals surface area contributed by atoms with E-state index in [9.17, 15) is 114 Å². The van der Waals surface area contributed by atoms with E-state index in [1.165, 1.54) is 0 Å². The second-order valence-electron chi connectivity index (χ2n) is 6.78. The minimum Gasteiger partial charge on any atom is -0.198 e. The van der Waals surface area contributed by atoms with Gasteiger partial charge in [0.05, 0.1) is 0 Å². The zero-order valence-corrected chi connectivity index (χ0v) is 15.8. The molecule has 0 aliphatic rings. The van der Waals surface area contributed by atoms with Crippen molar-refractivity contribution >= 4 is 0 Å². The van der Waals surface area contributed by atoms with Crippen molar-refractivity contribution in [1.29, 1.82) is 0 Å². The van der Waals surface area contributed by atoms with Gasteiger partial charge < -0.3 is 0 Å². The highest BCUT2D eigenvalue weighted by Crippen LogP contribution is 2.82. The molecule has 0 aromatic rings. The van der Waals surface area contributed by atoms with Gasteiger partial charge in [-0.25, -0.2) is 0 Å². The number of rotatable bonds is 5. The van der Waals surface area contributed by atoms with Gasteiger partial charge in [-0.15, -0.1) is 0 Å². The van der Waals surface area contributed by atoms with E-state index in [1.54, 1.807) is 0 Å². The van der Waals surface area contributed by atoms with Gasteiger partial charge in [0.15, 0.2) is 0 Å². The van der Waals surface area contributed by atoms with Gasteiger partial charge in [-0.05, 0) is 0 Å². The Morgan fingerprint density at radius 1 is 0.158 bits per heavy atom. The fourth-order valence-corrected chi connectivity index (χ4v) is 3.18. The molecule has 0 radical (unpaired) electrons. The van der Waals surface area contributed by atoms with Crippen molar-refractivity contribution in [3.63, 3.8) is 0 Å². The van der Waals surface area contributed by atoms with Gasteiger partial charge in [-0.2, -0.15) is 114 Å². The smallest absolute Gasteiger partial charge is 0.198 e. The molecule has 0 atom stereocenters. The van der Waals surface area contributed by atoms with Crippen molar-refractivity contribution in [2.75, 3.05) is 0 Å². The van der Waals surface area contributed by atoms with E-state index in [0.29, 0.717) is 0 Å². The van der Waals surface area contributed by atoms with E-state index < -0.39 is 71.6 Å². The molecule has 0 aromatic carbocycles. The van der Waals surface area contributed by atoms with Crippen LogP contribution in [0.3, 0.4) is 0 Å². The maximum absolute atomic E-state index is 14.0. The molecule has 230 valence electrons. The number of hydrogen-bond donors (Lipinski definition) is 0. The second kappa shape index (κ2) is 8.34. The molecule has 0 amide bonds. The van der Waals surface area contributed by atoms with Crippen LogP contribution in [-0.2, 0) is 0 Å². The van der Waals surface area contributed by atoms with Crippen LogP contribution in [0.5, 0.6) is 0 Å². The molecule has 0 bridgehead atoms. The molecule has 0 aromatic heterocycles. The van der Waals surface area contributed by atoms with E-state index in [4.69, 9.17) is 0 Å². The summed E-state index contributed by atoms with van der Waals surface area (Å²) >= 11 is 0.